The van der Waals surface area contributed by atoms with E-state index in [9.17, 15) is 5.11 Å². The lowest BCUT2D eigenvalue weighted by Gasteiger charge is -2.08. The summed E-state index contributed by atoms with van der Waals surface area (Å²) in [7, 11) is 0. The van der Waals surface area contributed by atoms with E-state index in [2.05, 4.69) is 17.1 Å². The molecule has 0 saturated carbocycles. The second-order valence-corrected chi connectivity index (χ2v) is 5.52. The molecule has 0 radical (unpaired) electrons. The first-order valence-electron chi connectivity index (χ1n) is 6.12. The van der Waals surface area contributed by atoms with Gasteiger partial charge in [-0.1, -0.05) is 12.1 Å². The maximum atomic E-state index is 9.39. The number of benzene rings is 1. The minimum Gasteiger partial charge on any atom is -0.391 e. The zero-order valence-corrected chi connectivity index (χ0v) is 11.7. The van der Waals surface area contributed by atoms with E-state index in [1.54, 1.807) is 18.7 Å². The number of hydrogen-bond donors (Lipinski definition) is 2. The number of rotatable bonds is 5. The molecule has 0 saturated heterocycles. The van der Waals surface area contributed by atoms with Crippen LogP contribution < -0.4 is 5.73 Å². The molecular weight excluding hydrogens is 262 g/mol. The van der Waals surface area contributed by atoms with Gasteiger partial charge in [-0.15, -0.1) is 11.8 Å². The van der Waals surface area contributed by atoms with Gasteiger partial charge in [0, 0.05) is 10.5 Å². The van der Waals surface area contributed by atoms with Crippen molar-refractivity contribution in [3.05, 3.63) is 30.2 Å². The van der Waals surface area contributed by atoms with Crippen molar-refractivity contribution in [2.45, 2.75) is 30.9 Å². The molecule has 0 unspecified atom stereocenters. The van der Waals surface area contributed by atoms with Crippen molar-refractivity contribution in [1.29, 1.82) is 0 Å². The molecule has 5 nitrogen and oxygen atoms in total. The van der Waals surface area contributed by atoms with Crippen molar-refractivity contribution in [3.63, 3.8) is 0 Å². The molecule has 0 bridgehead atoms. The van der Waals surface area contributed by atoms with Crippen molar-refractivity contribution in [3.8, 4) is 11.4 Å². The molecule has 0 aliphatic carbocycles. The van der Waals surface area contributed by atoms with Crippen molar-refractivity contribution in [1.82, 2.24) is 10.1 Å². The highest BCUT2D eigenvalue weighted by molar-refractivity contribution is 7.99. The third-order valence-electron chi connectivity index (χ3n) is 2.67. The number of thioether (sulfide) groups is 1. The first kappa shape index (κ1) is 14.0. The Bertz CT molecular complexity index is 525. The van der Waals surface area contributed by atoms with E-state index in [1.165, 1.54) is 4.90 Å². The van der Waals surface area contributed by atoms with Gasteiger partial charge in [-0.2, -0.15) is 4.98 Å². The van der Waals surface area contributed by atoms with Crippen LogP contribution in [-0.2, 0) is 0 Å². The maximum Gasteiger partial charge on any atom is 0.246 e. The summed E-state index contributed by atoms with van der Waals surface area (Å²) in [6.07, 6.45) is -0.725. The van der Waals surface area contributed by atoms with Gasteiger partial charge in [0.05, 0.1) is 6.10 Å². The minimum atomic E-state index is -0.725. The van der Waals surface area contributed by atoms with Crippen LogP contribution in [0, 0.1) is 0 Å². The molecule has 0 aliphatic rings. The molecule has 6 heteroatoms. The smallest absolute Gasteiger partial charge is 0.246 e. The fourth-order valence-electron chi connectivity index (χ4n) is 1.56. The van der Waals surface area contributed by atoms with E-state index in [0.717, 1.165) is 11.3 Å². The summed E-state index contributed by atoms with van der Waals surface area (Å²) in [4.78, 5) is 5.41. The number of aliphatic hydroxyl groups excluding tert-OH is 1. The molecule has 102 valence electrons. The van der Waals surface area contributed by atoms with Crippen LogP contribution in [-0.4, -0.2) is 27.1 Å². The standard InChI is InChI=1S/C13H17N3O2S/c1-3-19-10-6-4-9(5-7-10)12-15-13(18-16-12)11(14)8(2)17/h4-8,11,17H,3,14H2,1-2H3/t8-,11+/m1/s1. The Morgan fingerprint density at radius 1 is 1.37 bits per heavy atom. The number of aromatic nitrogens is 2. The predicted molar refractivity (Wildman–Crippen MR) is 74.7 cm³/mol. The molecule has 1 heterocycles. The van der Waals surface area contributed by atoms with Crippen LogP contribution in [0.4, 0.5) is 0 Å². The quantitative estimate of drug-likeness (QED) is 0.816. The second-order valence-electron chi connectivity index (χ2n) is 4.18. The summed E-state index contributed by atoms with van der Waals surface area (Å²) in [5, 5.41) is 13.3. The SMILES string of the molecule is CCSc1ccc(-c2noc([C@@H](N)[C@@H](C)O)n2)cc1. The number of aliphatic hydroxyl groups is 1. The first-order chi connectivity index (χ1) is 9.11. The lowest BCUT2D eigenvalue weighted by Crippen LogP contribution is -2.23. The summed E-state index contributed by atoms with van der Waals surface area (Å²) >= 11 is 1.78. The van der Waals surface area contributed by atoms with Gasteiger partial charge in [-0.05, 0) is 36.9 Å². The van der Waals surface area contributed by atoms with Gasteiger partial charge >= 0.3 is 0 Å². The molecule has 19 heavy (non-hydrogen) atoms. The lowest BCUT2D eigenvalue weighted by molar-refractivity contribution is 0.146. The third kappa shape index (κ3) is 3.34. The lowest BCUT2D eigenvalue weighted by atomic mass is 10.2. The largest absolute Gasteiger partial charge is 0.391 e. The highest BCUT2D eigenvalue weighted by Gasteiger charge is 2.19. The van der Waals surface area contributed by atoms with Crippen LogP contribution in [0.25, 0.3) is 11.4 Å². The zero-order valence-electron chi connectivity index (χ0n) is 10.9. The Morgan fingerprint density at radius 3 is 2.63 bits per heavy atom. The molecule has 0 aliphatic heterocycles. The fourth-order valence-corrected chi connectivity index (χ4v) is 2.22. The van der Waals surface area contributed by atoms with Gasteiger partial charge in [0.1, 0.15) is 6.04 Å². The second kappa shape index (κ2) is 6.18. The Kier molecular flexibility index (Phi) is 4.57. The molecule has 3 N–H and O–H groups in total. The summed E-state index contributed by atoms with van der Waals surface area (Å²) in [6, 6.07) is 7.28. The molecule has 1 aromatic heterocycles. The molecule has 0 amide bonds. The van der Waals surface area contributed by atoms with E-state index in [0.29, 0.717) is 5.82 Å². The summed E-state index contributed by atoms with van der Waals surface area (Å²) in [5.74, 6) is 1.77. The van der Waals surface area contributed by atoms with E-state index in [4.69, 9.17) is 10.3 Å². The van der Waals surface area contributed by atoms with Crippen LogP contribution in [0.2, 0.25) is 0 Å². The van der Waals surface area contributed by atoms with Gasteiger partial charge in [0.25, 0.3) is 0 Å². The summed E-state index contributed by atoms with van der Waals surface area (Å²) < 4.78 is 5.07. The molecule has 0 spiro atoms. The predicted octanol–water partition coefficient (Wildman–Crippen LogP) is 2.23. The summed E-state index contributed by atoms with van der Waals surface area (Å²) in [6.45, 7) is 3.70. The van der Waals surface area contributed by atoms with Crippen LogP contribution in [0.1, 0.15) is 25.8 Å². The number of nitrogens with zero attached hydrogens (tertiary/aromatic N) is 2. The van der Waals surface area contributed by atoms with Gasteiger partial charge in [0.15, 0.2) is 0 Å². The van der Waals surface area contributed by atoms with E-state index in [1.807, 2.05) is 24.3 Å². The normalized spacial score (nSPS) is 14.3. The monoisotopic (exact) mass is 279 g/mol. The molecule has 2 atom stereocenters. The van der Waals surface area contributed by atoms with Crippen LogP contribution in [0.15, 0.2) is 33.7 Å². The Labute approximate surface area is 116 Å². The molecule has 2 rings (SSSR count). The number of hydrogen-bond acceptors (Lipinski definition) is 6. The van der Waals surface area contributed by atoms with Gasteiger partial charge < -0.3 is 15.4 Å². The van der Waals surface area contributed by atoms with Crippen molar-refractivity contribution >= 4 is 11.8 Å². The Balaban J connectivity index is 2.18. The first-order valence-corrected chi connectivity index (χ1v) is 7.11. The Morgan fingerprint density at radius 2 is 2.05 bits per heavy atom. The molecular formula is C13H17N3O2S. The van der Waals surface area contributed by atoms with Crippen molar-refractivity contribution < 1.29 is 9.63 Å². The molecule has 2 aromatic rings. The molecule has 1 aromatic carbocycles. The minimum absolute atomic E-state index is 0.247. The highest BCUT2D eigenvalue weighted by Crippen LogP contribution is 2.23. The van der Waals surface area contributed by atoms with Crippen molar-refractivity contribution in [2.75, 3.05) is 5.75 Å². The number of nitrogens with two attached hydrogens (primary N) is 1. The van der Waals surface area contributed by atoms with E-state index in [-0.39, 0.29) is 5.89 Å². The van der Waals surface area contributed by atoms with E-state index < -0.39 is 12.1 Å². The highest BCUT2D eigenvalue weighted by atomic mass is 32.2. The average Bonchev–Trinajstić information content (AvgIpc) is 2.88. The topological polar surface area (TPSA) is 85.2 Å². The van der Waals surface area contributed by atoms with Crippen LogP contribution in [0.5, 0.6) is 0 Å². The average molecular weight is 279 g/mol. The van der Waals surface area contributed by atoms with E-state index >= 15 is 0 Å². The third-order valence-corrected chi connectivity index (χ3v) is 3.56. The van der Waals surface area contributed by atoms with Gasteiger partial charge in [-0.3, -0.25) is 0 Å². The van der Waals surface area contributed by atoms with Gasteiger partial charge in [0.2, 0.25) is 11.7 Å². The van der Waals surface area contributed by atoms with Crippen LogP contribution in [0.3, 0.4) is 0 Å². The Hall–Kier alpha value is -1.37. The van der Waals surface area contributed by atoms with Crippen LogP contribution >= 0.6 is 11.8 Å². The van der Waals surface area contributed by atoms with Crippen molar-refractivity contribution in [2.24, 2.45) is 5.73 Å². The molecule has 0 fully saturated rings. The maximum absolute atomic E-state index is 9.39. The zero-order chi connectivity index (χ0) is 13.8. The fraction of sp³-hybridized carbons (Fsp3) is 0.385. The summed E-state index contributed by atoms with van der Waals surface area (Å²) in [5.41, 5.74) is 6.61. The van der Waals surface area contributed by atoms with Gasteiger partial charge in [-0.25, -0.2) is 0 Å².